The number of hydrazine groups is 1. The van der Waals surface area contributed by atoms with E-state index in [0.717, 1.165) is 22.6 Å². The third-order valence-electron chi connectivity index (χ3n) is 3.09. The number of rotatable bonds is 4. The number of halogens is 2. The molecule has 0 saturated carbocycles. The van der Waals surface area contributed by atoms with Crippen LogP contribution in [0.1, 0.15) is 22.7 Å². The first-order chi connectivity index (χ1) is 9.10. The molecule has 1 unspecified atom stereocenters. The molecule has 2 aromatic rings. The van der Waals surface area contributed by atoms with E-state index >= 15 is 0 Å². The van der Waals surface area contributed by atoms with Crippen LogP contribution in [-0.2, 0) is 6.42 Å². The lowest BCUT2D eigenvalue weighted by Crippen LogP contribution is -2.29. The van der Waals surface area contributed by atoms with Crippen molar-refractivity contribution in [1.82, 2.24) is 5.43 Å². The van der Waals surface area contributed by atoms with Crippen molar-refractivity contribution >= 4 is 34.2 Å². The Labute approximate surface area is 132 Å². The molecule has 0 fully saturated rings. The second-order valence-corrected chi connectivity index (χ2v) is 6.23. The van der Waals surface area contributed by atoms with Gasteiger partial charge in [0.2, 0.25) is 0 Å². The SMILES string of the molecule is Cc1ccc(C(Cc2ccc(I)cc2)NN)c(Cl)c1. The molecular formula is C15H16ClIN2. The number of hydrogen-bond acceptors (Lipinski definition) is 2. The largest absolute Gasteiger partial charge is 0.271 e. The van der Waals surface area contributed by atoms with Gasteiger partial charge >= 0.3 is 0 Å². The van der Waals surface area contributed by atoms with Gasteiger partial charge in [-0.1, -0.05) is 35.9 Å². The van der Waals surface area contributed by atoms with E-state index in [1.807, 2.05) is 19.1 Å². The van der Waals surface area contributed by atoms with Gasteiger partial charge in [-0.25, -0.2) is 0 Å². The van der Waals surface area contributed by atoms with E-state index in [0.29, 0.717) is 0 Å². The fourth-order valence-corrected chi connectivity index (χ4v) is 2.76. The van der Waals surface area contributed by atoms with Crippen LogP contribution in [-0.4, -0.2) is 0 Å². The summed E-state index contributed by atoms with van der Waals surface area (Å²) in [4.78, 5) is 0. The fraction of sp³-hybridized carbons (Fsp3) is 0.200. The van der Waals surface area contributed by atoms with Gasteiger partial charge in [-0.05, 0) is 70.8 Å². The van der Waals surface area contributed by atoms with Gasteiger partial charge in [0.05, 0.1) is 6.04 Å². The Morgan fingerprint density at radius 3 is 2.47 bits per heavy atom. The fourth-order valence-electron chi connectivity index (χ4n) is 2.03. The highest BCUT2D eigenvalue weighted by atomic mass is 127. The van der Waals surface area contributed by atoms with Crippen molar-refractivity contribution in [3.63, 3.8) is 0 Å². The summed E-state index contributed by atoms with van der Waals surface area (Å²) in [7, 11) is 0. The van der Waals surface area contributed by atoms with E-state index < -0.39 is 0 Å². The van der Waals surface area contributed by atoms with Crippen LogP contribution < -0.4 is 11.3 Å². The van der Waals surface area contributed by atoms with Crippen molar-refractivity contribution in [2.24, 2.45) is 5.84 Å². The number of nitrogens with one attached hydrogen (secondary N) is 1. The van der Waals surface area contributed by atoms with E-state index in [-0.39, 0.29) is 6.04 Å². The summed E-state index contributed by atoms with van der Waals surface area (Å²) >= 11 is 8.60. The van der Waals surface area contributed by atoms with Gasteiger partial charge in [0.15, 0.2) is 0 Å². The van der Waals surface area contributed by atoms with Gasteiger partial charge < -0.3 is 0 Å². The quantitative estimate of drug-likeness (QED) is 0.473. The highest BCUT2D eigenvalue weighted by molar-refractivity contribution is 14.1. The van der Waals surface area contributed by atoms with Crippen LogP contribution in [0.3, 0.4) is 0 Å². The molecule has 0 heterocycles. The molecule has 0 spiro atoms. The lowest BCUT2D eigenvalue weighted by Gasteiger charge is -2.18. The molecule has 0 saturated heterocycles. The molecule has 0 bridgehead atoms. The minimum Gasteiger partial charge on any atom is -0.271 e. The lowest BCUT2D eigenvalue weighted by molar-refractivity contribution is 0.552. The van der Waals surface area contributed by atoms with Crippen molar-refractivity contribution in [3.05, 3.63) is 67.7 Å². The van der Waals surface area contributed by atoms with Crippen LogP contribution in [0, 0.1) is 10.5 Å². The van der Waals surface area contributed by atoms with E-state index in [1.165, 1.54) is 9.13 Å². The van der Waals surface area contributed by atoms with Crippen molar-refractivity contribution in [1.29, 1.82) is 0 Å². The van der Waals surface area contributed by atoms with Gasteiger partial charge in [-0.15, -0.1) is 0 Å². The molecule has 1 atom stereocenters. The molecule has 0 aliphatic heterocycles. The van der Waals surface area contributed by atoms with Crippen LogP contribution in [0.2, 0.25) is 5.02 Å². The molecule has 2 nitrogen and oxygen atoms in total. The van der Waals surface area contributed by atoms with Crippen LogP contribution in [0.5, 0.6) is 0 Å². The third kappa shape index (κ3) is 3.92. The first kappa shape index (κ1) is 14.8. The maximum Gasteiger partial charge on any atom is 0.0515 e. The molecular weight excluding hydrogens is 371 g/mol. The van der Waals surface area contributed by atoms with Gasteiger partial charge in [0.25, 0.3) is 0 Å². The van der Waals surface area contributed by atoms with Crippen molar-refractivity contribution < 1.29 is 0 Å². The molecule has 0 aliphatic rings. The zero-order valence-corrected chi connectivity index (χ0v) is 13.6. The highest BCUT2D eigenvalue weighted by Crippen LogP contribution is 2.26. The summed E-state index contributed by atoms with van der Waals surface area (Å²) in [6, 6.07) is 14.5. The molecule has 19 heavy (non-hydrogen) atoms. The summed E-state index contributed by atoms with van der Waals surface area (Å²) in [6.07, 6.45) is 0.816. The molecule has 2 rings (SSSR count). The zero-order chi connectivity index (χ0) is 13.8. The maximum atomic E-state index is 6.30. The van der Waals surface area contributed by atoms with Crippen LogP contribution >= 0.6 is 34.2 Å². The molecule has 3 N–H and O–H groups in total. The van der Waals surface area contributed by atoms with Crippen LogP contribution in [0.25, 0.3) is 0 Å². The Balaban J connectivity index is 2.22. The normalized spacial score (nSPS) is 12.4. The van der Waals surface area contributed by atoms with Gasteiger partial charge in [0, 0.05) is 8.59 Å². The molecule has 0 aromatic heterocycles. The first-order valence-corrected chi connectivity index (χ1v) is 7.52. The minimum atomic E-state index is 0.0214. The third-order valence-corrected chi connectivity index (χ3v) is 4.13. The van der Waals surface area contributed by atoms with E-state index in [1.54, 1.807) is 0 Å². The maximum absolute atomic E-state index is 6.30. The Morgan fingerprint density at radius 2 is 1.89 bits per heavy atom. The second kappa shape index (κ2) is 6.70. The molecule has 0 aliphatic carbocycles. The predicted octanol–water partition coefficient (Wildman–Crippen LogP) is 4.00. The predicted molar refractivity (Wildman–Crippen MR) is 89.1 cm³/mol. The van der Waals surface area contributed by atoms with Crippen molar-refractivity contribution in [2.45, 2.75) is 19.4 Å². The molecule has 100 valence electrons. The molecule has 0 amide bonds. The summed E-state index contributed by atoms with van der Waals surface area (Å²) < 4.78 is 1.23. The lowest BCUT2D eigenvalue weighted by atomic mass is 9.98. The van der Waals surface area contributed by atoms with Crippen molar-refractivity contribution in [2.75, 3.05) is 0 Å². The molecule has 4 heteroatoms. The van der Waals surface area contributed by atoms with Gasteiger partial charge in [-0.2, -0.15) is 0 Å². The molecule has 2 aromatic carbocycles. The summed E-state index contributed by atoms with van der Waals surface area (Å²) in [5, 5.41) is 0.758. The monoisotopic (exact) mass is 386 g/mol. The Hall–Kier alpha value is -0.620. The highest BCUT2D eigenvalue weighted by Gasteiger charge is 2.14. The summed E-state index contributed by atoms with van der Waals surface area (Å²) in [5.74, 6) is 5.68. The Kier molecular flexibility index (Phi) is 5.21. The minimum absolute atomic E-state index is 0.0214. The number of benzene rings is 2. The summed E-state index contributed by atoms with van der Waals surface area (Å²) in [5.41, 5.74) is 6.28. The number of aryl methyl sites for hydroxylation is 1. The average molecular weight is 387 g/mol. The summed E-state index contributed by atoms with van der Waals surface area (Å²) in [6.45, 7) is 2.03. The zero-order valence-electron chi connectivity index (χ0n) is 10.7. The van der Waals surface area contributed by atoms with Crippen LogP contribution in [0.15, 0.2) is 42.5 Å². The van der Waals surface area contributed by atoms with Crippen LogP contribution in [0.4, 0.5) is 0 Å². The van der Waals surface area contributed by atoms with E-state index in [9.17, 15) is 0 Å². The number of hydrogen-bond donors (Lipinski definition) is 2. The molecule has 0 radical (unpaired) electrons. The topological polar surface area (TPSA) is 38.0 Å². The van der Waals surface area contributed by atoms with Crippen molar-refractivity contribution in [3.8, 4) is 0 Å². The Morgan fingerprint density at radius 1 is 1.21 bits per heavy atom. The van der Waals surface area contributed by atoms with E-state index in [4.69, 9.17) is 17.4 Å². The smallest absolute Gasteiger partial charge is 0.0515 e. The Bertz CT molecular complexity index is 555. The average Bonchev–Trinajstić information content (AvgIpc) is 2.39. The number of nitrogens with two attached hydrogens (primary N) is 1. The van der Waals surface area contributed by atoms with Gasteiger partial charge in [0.1, 0.15) is 0 Å². The standard InChI is InChI=1S/C15H16ClIN2/c1-10-2-7-13(14(16)8-10)15(19-18)9-11-3-5-12(17)6-4-11/h2-8,15,19H,9,18H2,1H3. The van der Waals surface area contributed by atoms with E-state index in [2.05, 4.69) is 58.3 Å². The van der Waals surface area contributed by atoms with Gasteiger partial charge in [-0.3, -0.25) is 11.3 Å². The second-order valence-electron chi connectivity index (χ2n) is 4.57. The first-order valence-electron chi connectivity index (χ1n) is 6.07.